The molecule has 0 spiro atoms. The van der Waals surface area contributed by atoms with Crippen molar-refractivity contribution in [1.29, 1.82) is 0 Å². The highest BCUT2D eigenvalue weighted by molar-refractivity contribution is 7.99. The van der Waals surface area contributed by atoms with Gasteiger partial charge in [-0.2, -0.15) is 0 Å². The first-order valence-electron chi connectivity index (χ1n) is 9.94. The summed E-state index contributed by atoms with van der Waals surface area (Å²) in [7, 11) is 0. The van der Waals surface area contributed by atoms with E-state index in [9.17, 15) is 4.79 Å². The Kier molecular flexibility index (Phi) is 8.23. The third-order valence-electron chi connectivity index (χ3n) is 4.83. The molecule has 1 N–H and O–H groups in total. The van der Waals surface area contributed by atoms with Gasteiger partial charge in [0, 0.05) is 23.3 Å². The zero-order valence-electron chi connectivity index (χ0n) is 18.1. The van der Waals surface area contributed by atoms with Crippen LogP contribution in [0.25, 0.3) is 0 Å². The fourth-order valence-corrected chi connectivity index (χ4v) is 4.10. The van der Waals surface area contributed by atoms with Gasteiger partial charge in [0.15, 0.2) is 17.1 Å². The normalized spacial score (nSPS) is 11.8. The molecule has 0 saturated heterocycles. The van der Waals surface area contributed by atoms with E-state index in [1.165, 1.54) is 11.8 Å². The van der Waals surface area contributed by atoms with Crippen molar-refractivity contribution in [3.8, 4) is 5.75 Å². The molecule has 1 atom stereocenters. The van der Waals surface area contributed by atoms with Crippen molar-refractivity contribution >= 4 is 46.6 Å². The zero-order valence-corrected chi connectivity index (χ0v) is 20.4. The number of hydrogen-bond donors (Lipinski definition) is 1. The van der Waals surface area contributed by atoms with E-state index in [1.807, 2.05) is 43.5 Å². The third kappa shape index (κ3) is 5.85. The molecule has 168 valence electrons. The molecule has 1 aromatic heterocycles. The van der Waals surface area contributed by atoms with Gasteiger partial charge in [0.25, 0.3) is 0 Å². The zero-order chi connectivity index (χ0) is 23.3. The van der Waals surface area contributed by atoms with E-state index in [4.69, 9.17) is 27.9 Å². The lowest BCUT2D eigenvalue weighted by Crippen LogP contribution is -2.16. The van der Waals surface area contributed by atoms with Crippen molar-refractivity contribution in [2.24, 2.45) is 0 Å². The number of ether oxygens (including phenoxy) is 1. The highest BCUT2D eigenvalue weighted by atomic mass is 35.5. The first-order chi connectivity index (χ1) is 15.3. The second-order valence-electron chi connectivity index (χ2n) is 7.16. The summed E-state index contributed by atoms with van der Waals surface area (Å²) >= 11 is 13.6. The summed E-state index contributed by atoms with van der Waals surface area (Å²) in [5.74, 6) is 1.13. The maximum absolute atomic E-state index is 12.5. The first kappa shape index (κ1) is 24.2. The van der Waals surface area contributed by atoms with Crippen LogP contribution in [0.4, 0.5) is 5.69 Å². The largest absolute Gasteiger partial charge is 0.481 e. The van der Waals surface area contributed by atoms with Crippen LogP contribution in [0.5, 0.6) is 5.75 Å². The number of aryl methyl sites for hydroxylation is 1. The Morgan fingerprint density at radius 3 is 2.81 bits per heavy atom. The maximum Gasteiger partial charge on any atom is 0.234 e. The van der Waals surface area contributed by atoms with Crippen LogP contribution in [0.1, 0.15) is 30.0 Å². The van der Waals surface area contributed by atoms with Gasteiger partial charge in [-0.3, -0.25) is 9.36 Å². The highest BCUT2D eigenvalue weighted by Crippen LogP contribution is 2.32. The minimum absolute atomic E-state index is 0.117. The van der Waals surface area contributed by atoms with Crippen molar-refractivity contribution in [3.05, 3.63) is 76.0 Å². The molecule has 1 amide bonds. The Morgan fingerprint density at radius 2 is 2.06 bits per heavy atom. The van der Waals surface area contributed by atoms with E-state index in [-0.39, 0.29) is 11.7 Å². The molecule has 0 bridgehead atoms. The molecule has 0 saturated carbocycles. The molecule has 0 aliphatic rings. The predicted octanol–water partition coefficient (Wildman–Crippen LogP) is 6.26. The summed E-state index contributed by atoms with van der Waals surface area (Å²) < 4.78 is 7.85. The molecule has 0 aliphatic carbocycles. The van der Waals surface area contributed by atoms with Gasteiger partial charge >= 0.3 is 0 Å². The molecule has 0 radical (unpaired) electrons. The molecular weight excluding hydrogens is 467 g/mol. The lowest BCUT2D eigenvalue weighted by atomic mass is 10.1. The van der Waals surface area contributed by atoms with Crippen molar-refractivity contribution in [2.45, 2.75) is 38.6 Å². The fraction of sp³-hybridized carbons (Fsp3) is 0.261. The number of thioether (sulfide) groups is 1. The molecular formula is C23H24Cl2N4O2S. The molecule has 1 unspecified atom stereocenters. The van der Waals surface area contributed by atoms with Gasteiger partial charge < -0.3 is 10.1 Å². The van der Waals surface area contributed by atoms with Crippen LogP contribution in [-0.4, -0.2) is 26.4 Å². The average molecular weight is 491 g/mol. The van der Waals surface area contributed by atoms with E-state index in [0.717, 1.165) is 16.8 Å². The van der Waals surface area contributed by atoms with Crippen molar-refractivity contribution in [1.82, 2.24) is 14.8 Å². The van der Waals surface area contributed by atoms with Crippen LogP contribution < -0.4 is 10.1 Å². The van der Waals surface area contributed by atoms with Gasteiger partial charge in [0.2, 0.25) is 5.91 Å². The highest BCUT2D eigenvalue weighted by Gasteiger charge is 2.21. The lowest BCUT2D eigenvalue weighted by molar-refractivity contribution is -0.113. The van der Waals surface area contributed by atoms with Gasteiger partial charge in [0.05, 0.1) is 10.8 Å². The Bertz CT molecular complexity index is 1130. The molecule has 3 rings (SSSR count). The Labute approximate surface area is 202 Å². The summed E-state index contributed by atoms with van der Waals surface area (Å²) in [5.41, 5.74) is 2.98. The van der Waals surface area contributed by atoms with E-state index in [0.29, 0.717) is 33.3 Å². The smallest absolute Gasteiger partial charge is 0.234 e. The SMILES string of the molecule is C=CCn1c(SCC(=O)Nc2cccc(C)c2C)nnc1C(C)Oc1cc(Cl)ccc1Cl. The first-order valence-corrected chi connectivity index (χ1v) is 11.7. The Balaban J connectivity index is 1.71. The number of aromatic nitrogens is 3. The molecule has 6 nitrogen and oxygen atoms in total. The van der Waals surface area contributed by atoms with Gasteiger partial charge in [-0.05, 0) is 50.1 Å². The predicted molar refractivity (Wildman–Crippen MR) is 131 cm³/mol. The summed E-state index contributed by atoms with van der Waals surface area (Å²) in [6.07, 6.45) is 1.29. The molecule has 9 heteroatoms. The topological polar surface area (TPSA) is 69.0 Å². The minimum atomic E-state index is -0.448. The van der Waals surface area contributed by atoms with Gasteiger partial charge in [0.1, 0.15) is 5.75 Å². The van der Waals surface area contributed by atoms with Crippen LogP contribution in [0.2, 0.25) is 10.0 Å². The molecule has 2 aromatic carbocycles. The third-order valence-corrected chi connectivity index (χ3v) is 6.34. The Morgan fingerprint density at radius 1 is 1.28 bits per heavy atom. The number of carbonyl (C=O) groups is 1. The second-order valence-corrected chi connectivity index (χ2v) is 8.95. The summed E-state index contributed by atoms with van der Waals surface area (Å²) in [5, 5.41) is 13.1. The molecule has 0 fully saturated rings. The standard InChI is InChI=1S/C23H24Cl2N4O2S/c1-5-11-29-22(16(4)31-20-12-17(24)9-10-18(20)25)27-28-23(29)32-13-21(30)26-19-8-6-7-14(2)15(19)3/h5-10,12,16H,1,11,13H2,2-4H3,(H,26,30). The maximum atomic E-state index is 12.5. The van der Waals surface area contributed by atoms with Crippen molar-refractivity contribution in [3.63, 3.8) is 0 Å². The van der Waals surface area contributed by atoms with E-state index >= 15 is 0 Å². The number of carbonyl (C=O) groups excluding carboxylic acids is 1. The van der Waals surface area contributed by atoms with Gasteiger partial charge in [-0.25, -0.2) is 0 Å². The van der Waals surface area contributed by atoms with E-state index in [2.05, 4.69) is 22.1 Å². The van der Waals surface area contributed by atoms with Crippen LogP contribution in [-0.2, 0) is 11.3 Å². The van der Waals surface area contributed by atoms with E-state index < -0.39 is 6.10 Å². The number of anilines is 1. The van der Waals surface area contributed by atoms with Gasteiger partial charge in [-0.15, -0.1) is 16.8 Å². The monoisotopic (exact) mass is 490 g/mol. The van der Waals surface area contributed by atoms with Crippen molar-refractivity contribution in [2.75, 3.05) is 11.1 Å². The number of rotatable bonds is 9. The number of nitrogens with zero attached hydrogens (tertiary/aromatic N) is 3. The quantitative estimate of drug-likeness (QED) is 0.283. The summed E-state index contributed by atoms with van der Waals surface area (Å²) in [4.78, 5) is 12.5. The summed E-state index contributed by atoms with van der Waals surface area (Å²) in [6, 6.07) is 10.9. The number of nitrogens with one attached hydrogen (secondary N) is 1. The van der Waals surface area contributed by atoms with Crippen LogP contribution in [0.3, 0.4) is 0 Å². The van der Waals surface area contributed by atoms with Crippen LogP contribution >= 0.6 is 35.0 Å². The number of halogens is 2. The summed E-state index contributed by atoms with van der Waals surface area (Å²) in [6.45, 7) is 10.1. The molecule has 32 heavy (non-hydrogen) atoms. The van der Waals surface area contributed by atoms with Crippen LogP contribution in [0.15, 0.2) is 54.2 Å². The number of amides is 1. The number of benzene rings is 2. The molecule has 0 aliphatic heterocycles. The Hall–Kier alpha value is -2.48. The minimum Gasteiger partial charge on any atom is -0.481 e. The van der Waals surface area contributed by atoms with E-state index in [1.54, 1.807) is 24.3 Å². The fourth-order valence-electron chi connectivity index (χ4n) is 3.02. The van der Waals surface area contributed by atoms with Gasteiger partial charge in [-0.1, -0.05) is 53.2 Å². The average Bonchev–Trinajstić information content (AvgIpc) is 3.15. The van der Waals surface area contributed by atoms with Crippen molar-refractivity contribution < 1.29 is 9.53 Å². The molecule has 3 aromatic rings. The molecule has 1 heterocycles. The second kappa shape index (κ2) is 10.9. The number of hydrogen-bond acceptors (Lipinski definition) is 5. The lowest BCUT2D eigenvalue weighted by Gasteiger charge is -2.16. The van der Waals surface area contributed by atoms with Crippen LogP contribution in [0, 0.1) is 13.8 Å². The number of allylic oxidation sites excluding steroid dienone is 1.